The van der Waals surface area contributed by atoms with E-state index in [2.05, 4.69) is 9.88 Å². The zero-order valence-electron chi connectivity index (χ0n) is 11.4. The number of rotatable bonds is 6. The van der Waals surface area contributed by atoms with Gasteiger partial charge in [0.05, 0.1) is 22.7 Å². The van der Waals surface area contributed by atoms with Crippen LogP contribution in [0.3, 0.4) is 0 Å². The summed E-state index contributed by atoms with van der Waals surface area (Å²) in [6, 6.07) is 2.98. The third-order valence-electron chi connectivity index (χ3n) is 3.20. The van der Waals surface area contributed by atoms with Crippen molar-refractivity contribution in [1.82, 2.24) is 14.5 Å². The van der Waals surface area contributed by atoms with Crippen molar-refractivity contribution in [2.75, 3.05) is 33.9 Å². The van der Waals surface area contributed by atoms with Crippen LogP contribution < -0.4 is 0 Å². The molecule has 4 nitrogen and oxygen atoms in total. The van der Waals surface area contributed by atoms with Crippen LogP contribution in [0, 0.1) is 10.6 Å². The first-order valence-electron chi connectivity index (χ1n) is 6.28. The summed E-state index contributed by atoms with van der Waals surface area (Å²) in [4.78, 5) is 5.18. The second-order valence-corrected chi connectivity index (χ2v) is 5.46. The largest absolute Gasteiger partial charge is 0.383 e. The highest BCUT2D eigenvalue weighted by Crippen LogP contribution is 2.22. The molecule has 0 spiro atoms. The molecule has 1 N–H and O–H groups in total. The molecule has 1 aromatic heterocycles. The van der Waals surface area contributed by atoms with Gasteiger partial charge < -0.3 is 19.2 Å². The third kappa shape index (κ3) is 3.38. The number of aromatic nitrogens is 2. The number of nitrogens with zero attached hydrogens (tertiary/aromatic N) is 2. The summed E-state index contributed by atoms with van der Waals surface area (Å²) in [6.07, 6.45) is 0. The fourth-order valence-electron chi connectivity index (χ4n) is 2.00. The molecule has 0 unspecified atom stereocenters. The lowest BCUT2D eigenvalue weighted by molar-refractivity contribution is 0.159. The summed E-state index contributed by atoms with van der Waals surface area (Å²) >= 11 is 11.1. The van der Waals surface area contributed by atoms with Crippen molar-refractivity contribution in [3.05, 3.63) is 27.7 Å². The molecule has 0 fully saturated rings. The van der Waals surface area contributed by atoms with E-state index in [1.807, 2.05) is 11.6 Å². The van der Waals surface area contributed by atoms with Crippen molar-refractivity contribution in [3.63, 3.8) is 0 Å². The first-order chi connectivity index (χ1) is 9.52. The molecule has 20 heavy (non-hydrogen) atoms. The highest BCUT2D eigenvalue weighted by Gasteiger charge is 2.09. The number of hydrogen-bond donors (Lipinski definition) is 1. The van der Waals surface area contributed by atoms with Crippen LogP contribution in [0.1, 0.15) is 0 Å². The minimum atomic E-state index is -0.436. The molecule has 0 amide bonds. The van der Waals surface area contributed by atoms with Gasteiger partial charge in [-0.25, -0.2) is 4.39 Å². The van der Waals surface area contributed by atoms with Crippen molar-refractivity contribution in [2.45, 2.75) is 6.54 Å². The van der Waals surface area contributed by atoms with Gasteiger partial charge >= 0.3 is 0 Å². The Kier molecular flexibility index (Phi) is 5.15. The van der Waals surface area contributed by atoms with Crippen LogP contribution in [0.15, 0.2) is 12.1 Å². The maximum atomic E-state index is 13.6. The molecule has 2 rings (SSSR count). The Labute approximate surface area is 127 Å². The normalized spacial score (nSPS) is 11.7. The molecule has 1 aromatic carbocycles. The standard InChI is InChI=1S/C13H17ClFN3OS/c1-17(5-6-19-2)3-4-18-12-8-10(15)9(14)7-11(12)16-13(18)20/h7-8H,3-6H2,1-2H3,(H,16,20). The van der Waals surface area contributed by atoms with E-state index < -0.39 is 5.82 Å². The quantitative estimate of drug-likeness (QED) is 0.831. The van der Waals surface area contributed by atoms with E-state index in [1.54, 1.807) is 13.2 Å². The summed E-state index contributed by atoms with van der Waals surface area (Å²) in [5, 5.41) is 0.0955. The monoisotopic (exact) mass is 317 g/mol. The number of hydrogen-bond acceptors (Lipinski definition) is 3. The van der Waals surface area contributed by atoms with Crippen LogP contribution in [0.5, 0.6) is 0 Å². The Balaban J connectivity index is 2.19. The smallest absolute Gasteiger partial charge is 0.178 e. The number of ether oxygens (including phenoxy) is 1. The Bertz CT molecular complexity index is 655. The van der Waals surface area contributed by atoms with Gasteiger partial charge in [-0.2, -0.15) is 0 Å². The van der Waals surface area contributed by atoms with Crippen LogP contribution in [0.25, 0.3) is 11.0 Å². The number of methoxy groups -OCH3 is 1. The van der Waals surface area contributed by atoms with Crippen LogP contribution in [-0.4, -0.2) is 48.3 Å². The summed E-state index contributed by atoms with van der Waals surface area (Å²) in [7, 11) is 3.69. The second kappa shape index (κ2) is 6.67. The van der Waals surface area contributed by atoms with Crippen LogP contribution >= 0.6 is 23.8 Å². The molecular formula is C13H17ClFN3OS. The van der Waals surface area contributed by atoms with E-state index >= 15 is 0 Å². The first kappa shape index (κ1) is 15.4. The summed E-state index contributed by atoms with van der Waals surface area (Å²) in [5.74, 6) is -0.436. The second-order valence-electron chi connectivity index (χ2n) is 4.66. The molecule has 7 heteroatoms. The fraction of sp³-hybridized carbons (Fsp3) is 0.462. The van der Waals surface area contributed by atoms with Gasteiger partial charge in [-0.1, -0.05) is 11.6 Å². The number of halogens is 2. The number of H-pyrrole nitrogens is 1. The number of imidazole rings is 1. The van der Waals surface area contributed by atoms with Crippen LogP contribution in [-0.2, 0) is 11.3 Å². The van der Waals surface area contributed by atoms with E-state index in [1.165, 1.54) is 6.07 Å². The predicted molar refractivity (Wildman–Crippen MR) is 81.5 cm³/mol. The van der Waals surface area contributed by atoms with Crippen LogP contribution in [0.2, 0.25) is 5.02 Å². The van der Waals surface area contributed by atoms with Gasteiger partial charge in [-0.05, 0) is 25.3 Å². The average Bonchev–Trinajstić information content (AvgIpc) is 2.70. The molecule has 0 saturated carbocycles. The topological polar surface area (TPSA) is 33.2 Å². The van der Waals surface area contributed by atoms with Crippen molar-refractivity contribution in [2.24, 2.45) is 0 Å². The first-order valence-corrected chi connectivity index (χ1v) is 7.06. The Morgan fingerprint density at radius 2 is 2.20 bits per heavy atom. The maximum absolute atomic E-state index is 13.6. The summed E-state index contributed by atoms with van der Waals surface area (Å²) < 4.78 is 21.1. The molecule has 0 bridgehead atoms. The average molecular weight is 318 g/mol. The van der Waals surface area contributed by atoms with Gasteiger partial charge in [-0.3, -0.25) is 0 Å². The lowest BCUT2D eigenvalue weighted by atomic mass is 10.3. The van der Waals surface area contributed by atoms with Gasteiger partial charge in [0.25, 0.3) is 0 Å². The fourth-order valence-corrected chi connectivity index (χ4v) is 2.47. The lowest BCUT2D eigenvalue weighted by Gasteiger charge is -2.16. The number of nitrogens with one attached hydrogen (secondary N) is 1. The predicted octanol–water partition coefficient (Wildman–Crippen LogP) is 3.07. The van der Waals surface area contributed by atoms with Crippen molar-refractivity contribution in [3.8, 4) is 0 Å². The van der Waals surface area contributed by atoms with Crippen molar-refractivity contribution < 1.29 is 9.13 Å². The molecule has 110 valence electrons. The molecule has 0 radical (unpaired) electrons. The number of benzene rings is 1. The van der Waals surface area contributed by atoms with Crippen LogP contribution in [0.4, 0.5) is 4.39 Å². The van der Waals surface area contributed by atoms with Gasteiger partial charge in [-0.15, -0.1) is 0 Å². The van der Waals surface area contributed by atoms with Gasteiger partial charge in [0.1, 0.15) is 5.82 Å². The highest BCUT2D eigenvalue weighted by molar-refractivity contribution is 7.71. The summed E-state index contributed by atoms with van der Waals surface area (Å²) in [6.45, 7) is 3.00. The zero-order valence-corrected chi connectivity index (χ0v) is 13.0. The molecule has 0 aliphatic heterocycles. The number of likely N-dealkylation sites (N-methyl/N-ethyl adjacent to an activating group) is 1. The summed E-state index contributed by atoms with van der Waals surface area (Å²) in [5.41, 5.74) is 1.48. The molecule has 0 atom stereocenters. The zero-order chi connectivity index (χ0) is 14.7. The van der Waals surface area contributed by atoms with E-state index in [0.29, 0.717) is 17.9 Å². The van der Waals surface area contributed by atoms with Gasteiger partial charge in [0.15, 0.2) is 4.77 Å². The molecule has 1 heterocycles. The van der Waals surface area contributed by atoms with Crippen molar-refractivity contribution in [1.29, 1.82) is 0 Å². The molecule has 2 aromatic rings. The number of fused-ring (bicyclic) bond motifs is 1. The van der Waals surface area contributed by atoms with Crippen molar-refractivity contribution >= 4 is 34.9 Å². The lowest BCUT2D eigenvalue weighted by Crippen LogP contribution is -2.26. The molecule has 0 saturated heterocycles. The van der Waals surface area contributed by atoms with Gasteiger partial charge in [0, 0.05) is 32.8 Å². The molecular weight excluding hydrogens is 301 g/mol. The Hall–Kier alpha value is -0.950. The van der Waals surface area contributed by atoms with Gasteiger partial charge in [0.2, 0.25) is 0 Å². The molecule has 0 aliphatic rings. The molecule has 0 aliphatic carbocycles. The Morgan fingerprint density at radius 1 is 1.45 bits per heavy atom. The minimum absolute atomic E-state index is 0.0955. The SMILES string of the molecule is COCCN(C)CCn1c(=S)[nH]c2cc(Cl)c(F)cc21. The van der Waals surface area contributed by atoms with E-state index in [4.69, 9.17) is 28.6 Å². The maximum Gasteiger partial charge on any atom is 0.178 e. The highest BCUT2D eigenvalue weighted by atomic mass is 35.5. The Morgan fingerprint density at radius 3 is 2.90 bits per heavy atom. The van der Waals surface area contributed by atoms with E-state index in [0.717, 1.165) is 24.1 Å². The number of aromatic amines is 1. The minimum Gasteiger partial charge on any atom is -0.383 e. The van der Waals surface area contributed by atoms with E-state index in [-0.39, 0.29) is 5.02 Å². The van der Waals surface area contributed by atoms with E-state index in [9.17, 15) is 4.39 Å². The third-order valence-corrected chi connectivity index (χ3v) is 3.81.